The molecule has 0 saturated heterocycles. The highest BCUT2D eigenvalue weighted by Gasteiger charge is 2.26. The second-order valence-corrected chi connectivity index (χ2v) is 7.94. The van der Waals surface area contributed by atoms with E-state index < -0.39 is 0 Å². The first-order chi connectivity index (χ1) is 14.2. The van der Waals surface area contributed by atoms with Crippen molar-refractivity contribution in [3.8, 4) is 0 Å². The van der Waals surface area contributed by atoms with E-state index in [9.17, 15) is 4.79 Å². The minimum atomic E-state index is 0.0460. The predicted molar refractivity (Wildman–Crippen MR) is 107 cm³/mol. The van der Waals surface area contributed by atoms with Crippen molar-refractivity contribution in [2.45, 2.75) is 63.6 Å². The normalized spacial score (nSPS) is 21.4. The average molecular weight is 395 g/mol. The molecule has 3 aromatic heterocycles. The minimum Gasteiger partial charge on any atom is -0.378 e. The molecule has 0 unspecified atom stereocenters. The van der Waals surface area contributed by atoms with Gasteiger partial charge in [-0.05, 0) is 50.5 Å². The fourth-order valence-corrected chi connectivity index (χ4v) is 4.54. The van der Waals surface area contributed by atoms with Crippen molar-refractivity contribution in [3.05, 3.63) is 45.8 Å². The first-order valence-corrected chi connectivity index (χ1v) is 10.3. The molecule has 1 fully saturated rings. The molecule has 3 heterocycles. The van der Waals surface area contributed by atoms with E-state index in [4.69, 9.17) is 9.84 Å². The van der Waals surface area contributed by atoms with Gasteiger partial charge in [0.25, 0.3) is 11.3 Å². The standard InChI is InChI=1S/C20H25N7O2/c1-29-11-15-10-18(27-20(24-15)21-12-22-27)23-14-5-7-16(8-6-14)26-19(28)9-13-3-2-4-17(13)25-26/h9-10,12,14,16,23H,2-8,11H2,1H3. The number of aryl methyl sites for hydroxylation is 2. The summed E-state index contributed by atoms with van der Waals surface area (Å²) in [7, 11) is 1.65. The zero-order valence-corrected chi connectivity index (χ0v) is 16.5. The van der Waals surface area contributed by atoms with Crippen LogP contribution in [0.3, 0.4) is 0 Å². The van der Waals surface area contributed by atoms with Gasteiger partial charge in [0.1, 0.15) is 12.1 Å². The van der Waals surface area contributed by atoms with Crippen molar-refractivity contribution in [2.75, 3.05) is 12.4 Å². The smallest absolute Gasteiger partial charge is 0.267 e. The predicted octanol–water partition coefficient (Wildman–Crippen LogP) is 1.91. The van der Waals surface area contributed by atoms with Gasteiger partial charge in [0.15, 0.2) is 0 Å². The fraction of sp³-hybridized carbons (Fsp3) is 0.550. The van der Waals surface area contributed by atoms with Gasteiger partial charge in [0.2, 0.25) is 0 Å². The van der Waals surface area contributed by atoms with E-state index in [-0.39, 0.29) is 11.6 Å². The number of nitrogens with zero attached hydrogens (tertiary/aromatic N) is 6. The highest BCUT2D eigenvalue weighted by atomic mass is 16.5. The minimum absolute atomic E-state index is 0.0460. The van der Waals surface area contributed by atoms with Gasteiger partial charge in [0.05, 0.1) is 24.0 Å². The van der Waals surface area contributed by atoms with Crippen LogP contribution in [0.15, 0.2) is 23.3 Å². The number of hydrogen-bond donors (Lipinski definition) is 1. The second-order valence-electron chi connectivity index (χ2n) is 7.94. The molecule has 0 bridgehead atoms. The van der Waals surface area contributed by atoms with Crippen LogP contribution in [0.25, 0.3) is 5.78 Å². The third kappa shape index (κ3) is 3.50. The lowest BCUT2D eigenvalue weighted by molar-refractivity contribution is 0.181. The van der Waals surface area contributed by atoms with Gasteiger partial charge in [-0.1, -0.05) is 0 Å². The molecule has 1 saturated carbocycles. The first-order valence-electron chi connectivity index (χ1n) is 10.3. The van der Waals surface area contributed by atoms with E-state index in [1.165, 1.54) is 6.33 Å². The zero-order valence-electron chi connectivity index (χ0n) is 16.5. The summed E-state index contributed by atoms with van der Waals surface area (Å²) in [6.45, 7) is 0.428. The molecule has 0 spiro atoms. The third-order valence-electron chi connectivity index (χ3n) is 5.97. The van der Waals surface area contributed by atoms with Crippen molar-refractivity contribution in [2.24, 2.45) is 0 Å². The van der Waals surface area contributed by atoms with Crippen molar-refractivity contribution in [1.82, 2.24) is 29.4 Å². The molecular weight excluding hydrogens is 370 g/mol. The van der Waals surface area contributed by atoms with Crippen molar-refractivity contribution in [3.63, 3.8) is 0 Å². The van der Waals surface area contributed by atoms with Gasteiger partial charge in [-0.15, -0.1) is 0 Å². The van der Waals surface area contributed by atoms with E-state index in [1.54, 1.807) is 22.4 Å². The Balaban J connectivity index is 1.30. The highest BCUT2D eigenvalue weighted by molar-refractivity contribution is 5.45. The Kier molecular flexibility index (Phi) is 4.75. The molecule has 29 heavy (non-hydrogen) atoms. The Hall–Kier alpha value is -2.81. The number of hydrogen-bond acceptors (Lipinski definition) is 7. The van der Waals surface area contributed by atoms with Crippen LogP contribution in [0.1, 0.15) is 55.1 Å². The van der Waals surface area contributed by atoms with Crippen LogP contribution in [-0.2, 0) is 24.2 Å². The number of rotatable bonds is 5. The zero-order chi connectivity index (χ0) is 19.8. The van der Waals surface area contributed by atoms with Gasteiger partial charge in [0, 0.05) is 25.3 Å². The molecule has 5 rings (SSSR count). The number of fused-ring (bicyclic) bond motifs is 2. The van der Waals surface area contributed by atoms with Gasteiger partial charge in [-0.25, -0.2) is 9.67 Å². The molecule has 0 amide bonds. The van der Waals surface area contributed by atoms with Crippen LogP contribution < -0.4 is 10.9 Å². The van der Waals surface area contributed by atoms with E-state index in [2.05, 4.69) is 20.4 Å². The molecule has 9 nitrogen and oxygen atoms in total. The molecule has 1 N–H and O–H groups in total. The van der Waals surface area contributed by atoms with Crippen molar-refractivity contribution >= 4 is 11.6 Å². The summed E-state index contributed by atoms with van der Waals surface area (Å²) in [5, 5.41) is 12.6. The van der Waals surface area contributed by atoms with Gasteiger partial charge >= 0.3 is 0 Å². The van der Waals surface area contributed by atoms with Crippen LogP contribution in [0, 0.1) is 0 Å². The van der Waals surface area contributed by atoms with Gasteiger partial charge < -0.3 is 10.1 Å². The first kappa shape index (κ1) is 18.2. The molecule has 2 aliphatic rings. The Morgan fingerprint density at radius 1 is 1.21 bits per heavy atom. The highest BCUT2D eigenvalue weighted by Crippen LogP contribution is 2.30. The molecule has 0 aliphatic heterocycles. The maximum atomic E-state index is 12.5. The summed E-state index contributed by atoms with van der Waals surface area (Å²) in [6.07, 6.45) is 8.39. The van der Waals surface area contributed by atoms with Gasteiger partial charge in [-0.2, -0.15) is 19.7 Å². The molecule has 0 atom stereocenters. The van der Waals surface area contributed by atoms with Gasteiger partial charge in [-0.3, -0.25) is 4.79 Å². The number of aromatic nitrogens is 6. The molecule has 3 aromatic rings. The Morgan fingerprint density at radius 2 is 2.07 bits per heavy atom. The molecule has 0 radical (unpaired) electrons. The monoisotopic (exact) mass is 395 g/mol. The molecule has 152 valence electrons. The lowest BCUT2D eigenvalue weighted by Gasteiger charge is -2.30. The summed E-state index contributed by atoms with van der Waals surface area (Å²) >= 11 is 0. The Bertz CT molecular complexity index is 1080. The van der Waals surface area contributed by atoms with Crippen LogP contribution in [0.4, 0.5) is 5.82 Å². The van der Waals surface area contributed by atoms with Crippen LogP contribution in [0.5, 0.6) is 0 Å². The quantitative estimate of drug-likeness (QED) is 0.704. The number of methoxy groups -OCH3 is 1. The summed E-state index contributed by atoms with van der Waals surface area (Å²) in [5.41, 5.74) is 3.12. The average Bonchev–Trinajstić information content (AvgIpc) is 3.37. The Labute approximate surface area is 168 Å². The number of ether oxygens (including phenoxy) is 1. The lowest BCUT2D eigenvalue weighted by Crippen LogP contribution is -2.34. The summed E-state index contributed by atoms with van der Waals surface area (Å²) < 4.78 is 8.67. The summed E-state index contributed by atoms with van der Waals surface area (Å²) in [4.78, 5) is 21.2. The van der Waals surface area contributed by atoms with Crippen LogP contribution in [-0.4, -0.2) is 42.5 Å². The topological polar surface area (TPSA) is 99.2 Å². The van der Waals surface area contributed by atoms with Crippen LogP contribution in [0.2, 0.25) is 0 Å². The molecule has 2 aliphatic carbocycles. The second kappa shape index (κ2) is 7.55. The number of anilines is 1. The molecular formula is C20H25N7O2. The summed E-state index contributed by atoms with van der Waals surface area (Å²) in [6, 6.07) is 4.25. The third-order valence-corrected chi connectivity index (χ3v) is 5.97. The SMILES string of the molecule is COCc1cc(NC2CCC(n3nc4c(cc3=O)CCC4)CC2)n2ncnc2n1. The largest absolute Gasteiger partial charge is 0.378 e. The maximum absolute atomic E-state index is 12.5. The van der Waals surface area contributed by atoms with E-state index in [0.717, 1.165) is 67.7 Å². The van der Waals surface area contributed by atoms with Crippen molar-refractivity contribution < 1.29 is 4.74 Å². The molecule has 9 heteroatoms. The van der Waals surface area contributed by atoms with E-state index in [0.29, 0.717) is 18.4 Å². The fourth-order valence-electron chi connectivity index (χ4n) is 4.54. The van der Waals surface area contributed by atoms with Crippen molar-refractivity contribution in [1.29, 1.82) is 0 Å². The summed E-state index contributed by atoms with van der Waals surface area (Å²) in [5.74, 6) is 1.43. The number of nitrogens with one attached hydrogen (secondary N) is 1. The van der Waals surface area contributed by atoms with E-state index >= 15 is 0 Å². The Morgan fingerprint density at radius 3 is 2.90 bits per heavy atom. The maximum Gasteiger partial charge on any atom is 0.267 e. The lowest BCUT2D eigenvalue weighted by atomic mass is 9.91. The van der Waals surface area contributed by atoms with E-state index in [1.807, 2.05) is 6.07 Å². The van der Waals surface area contributed by atoms with Crippen LogP contribution >= 0.6 is 0 Å². The molecule has 0 aromatic carbocycles.